The first-order valence-corrected chi connectivity index (χ1v) is 19.0. The number of piperazine rings is 1. The number of imidazole rings is 1. The molecule has 0 aliphatic carbocycles. The van der Waals surface area contributed by atoms with E-state index in [0.29, 0.717) is 62.7 Å². The Labute approximate surface area is 316 Å². The Balaban J connectivity index is 0.902. The second-order valence-corrected chi connectivity index (χ2v) is 13.7. The van der Waals surface area contributed by atoms with Crippen LogP contribution in [-0.2, 0) is 20.8 Å². The van der Waals surface area contributed by atoms with E-state index in [-0.39, 0.29) is 24.6 Å². The van der Waals surface area contributed by atoms with Crippen molar-refractivity contribution in [2.45, 2.75) is 95.8 Å². The van der Waals surface area contributed by atoms with Crippen molar-refractivity contribution in [3.63, 3.8) is 0 Å². The fourth-order valence-corrected chi connectivity index (χ4v) is 6.74. The van der Waals surface area contributed by atoms with E-state index in [0.717, 1.165) is 57.6 Å². The Morgan fingerprint density at radius 3 is 2.35 bits per heavy atom. The summed E-state index contributed by atoms with van der Waals surface area (Å²) in [6, 6.07) is 0. The maximum Gasteiger partial charge on any atom is 0.414 e. The highest BCUT2D eigenvalue weighted by molar-refractivity contribution is 6.02. The molecule has 2 aliphatic heterocycles. The van der Waals surface area contributed by atoms with Gasteiger partial charge in [0.2, 0.25) is 5.91 Å². The fourth-order valence-electron chi connectivity index (χ4n) is 6.74. The Kier molecular flexibility index (Phi) is 15.2. The van der Waals surface area contributed by atoms with E-state index in [4.69, 9.17) is 4.74 Å². The molecular formula is C35H52N10O10. The molecule has 6 N–H and O–H groups in total. The van der Waals surface area contributed by atoms with E-state index in [9.17, 15) is 39.3 Å². The van der Waals surface area contributed by atoms with Crippen molar-refractivity contribution in [2.75, 3.05) is 57.8 Å². The molecule has 4 atom stereocenters. The van der Waals surface area contributed by atoms with Gasteiger partial charge in [-0.2, -0.15) is 0 Å². The number of aliphatic hydroxyl groups excluding tert-OH is 3. The third-order valence-electron chi connectivity index (χ3n) is 9.89. The number of alkyl carbamates (subject to hydrolysis) is 1. The molecule has 5 rings (SSSR count). The van der Waals surface area contributed by atoms with Crippen molar-refractivity contribution in [1.29, 1.82) is 0 Å². The number of rotatable bonds is 19. The lowest BCUT2D eigenvalue weighted by atomic mass is 10.1. The number of anilines is 1. The first-order chi connectivity index (χ1) is 26.6. The number of aromatic nitrogens is 6. The number of hydrogen-bond acceptors (Lipinski definition) is 15. The van der Waals surface area contributed by atoms with Gasteiger partial charge in [-0.3, -0.25) is 38.7 Å². The summed E-state index contributed by atoms with van der Waals surface area (Å²) in [6.45, 7) is 5.07. The molecule has 0 aromatic carbocycles. The van der Waals surface area contributed by atoms with Gasteiger partial charge in [-0.1, -0.05) is 38.5 Å². The predicted molar refractivity (Wildman–Crippen MR) is 197 cm³/mol. The van der Waals surface area contributed by atoms with Gasteiger partial charge in [0.25, 0.3) is 11.5 Å². The standard InChI is InChI=1S/C35H52N10O10/c1-2-54-35(53)41-32(51)23-19-44(34(52)40-31(23)50)18-15-42-13-16-43(17-14-42)25(47)11-9-7-5-3-4-6-8-10-12-36-29-26-30(38-21-37-29)45(22-39-26)33-28(49)27(48)24(20-46)55-33/h19,21-22,24,27-28,33,46,48-49H,2-18,20H2,1H3,(H,36,37,38)(H,40,50,52)(H,41,51,53)/t24-,27+,28+,33+/m0/s1. The van der Waals surface area contributed by atoms with E-state index in [2.05, 4.69) is 34.9 Å². The molecule has 20 nitrogen and oxygen atoms in total. The van der Waals surface area contributed by atoms with Crippen LogP contribution in [0.4, 0.5) is 10.6 Å². The number of imide groups is 1. The molecule has 2 saturated heterocycles. The molecule has 3 aromatic heterocycles. The van der Waals surface area contributed by atoms with Crippen molar-refractivity contribution in [3.8, 4) is 0 Å². The highest BCUT2D eigenvalue weighted by Gasteiger charge is 2.44. The minimum absolute atomic E-state index is 0.0550. The van der Waals surface area contributed by atoms with Crippen LogP contribution in [0.15, 0.2) is 28.4 Å². The quantitative estimate of drug-likeness (QED) is 0.0873. The summed E-state index contributed by atoms with van der Waals surface area (Å²) >= 11 is 0. The Morgan fingerprint density at radius 2 is 1.65 bits per heavy atom. The fraction of sp³-hybridized carbons (Fsp3) is 0.657. The Bertz CT molecular complexity index is 1860. The van der Waals surface area contributed by atoms with Gasteiger partial charge in [0.05, 0.1) is 19.5 Å². The third kappa shape index (κ3) is 10.9. The summed E-state index contributed by atoms with van der Waals surface area (Å²) in [5.41, 5.74) is -0.952. The van der Waals surface area contributed by atoms with Crippen LogP contribution in [-0.4, -0.2) is 143 Å². The molecule has 3 aromatic rings. The average Bonchev–Trinajstić information content (AvgIpc) is 3.73. The van der Waals surface area contributed by atoms with Gasteiger partial charge < -0.3 is 35.0 Å². The highest BCUT2D eigenvalue weighted by Crippen LogP contribution is 2.32. The number of nitrogens with zero attached hydrogens (tertiary/aromatic N) is 7. The lowest BCUT2D eigenvalue weighted by Gasteiger charge is -2.34. The number of ether oxygens (including phenoxy) is 2. The molecule has 55 heavy (non-hydrogen) atoms. The maximum atomic E-state index is 12.8. The molecule has 302 valence electrons. The first-order valence-electron chi connectivity index (χ1n) is 19.0. The van der Waals surface area contributed by atoms with Crippen LogP contribution >= 0.6 is 0 Å². The second-order valence-electron chi connectivity index (χ2n) is 13.7. The number of aromatic amines is 1. The molecule has 5 heterocycles. The Hall–Kier alpha value is -4.76. The van der Waals surface area contributed by atoms with Crippen molar-refractivity contribution >= 4 is 34.9 Å². The van der Waals surface area contributed by atoms with Crippen molar-refractivity contribution < 1.29 is 39.2 Å². The zero-order valence-corrected chi connectivity index (χ0v) is 31.1. The van der Waals surface area contributed by atoms with Crippen LogP contribution < -0.4 is 21.9 Å². The Morgan fingerprint density at radius 1 is 0.945 bits per heavy atom. The summed E-state index contributed by atoms with van der Waals surface area (Å²) in [5, 5.41) is 35.2. The SMILES string of the molecule is CCOC(=O)NC(=O)c1cn(CCN2CCN(C(=O)CCCCCCCCCCNc3ncnc4c3ncn4[C@@H]3O[C@@H](CO)[C@@H](O)[C@H]3O)CC2)c(=O)[nH]c1=O. The van der Waals surface area contributed by atoms with Gasteiger partial charge in [0.15, 0.2) is 23.2 Å². The smallest absolute Gasteiger partial charge is 0.414 e. The van der Waals surface area contributed by atoms with Crippen LogP contribution in [0.5, 0.6) is 0 Å². The predicted octanol–water partition coefficient (Wildman–Crippen LogP) is -0.0587. The van der Waals surface area contributed by atoms with Crippen LogP contribution in [0.3, 0.4) is 0 Å². The van der Waals surface area contributed by atoms with Gasteiger partial charge in [0.1, 0.15) is 30.2 Å². The van der Waals surface area contributed by atoms with Crippen LogP contribution in [0.25, 0.3) is 11.2 Å². The number of carbonyl (C=O) groups excluding carboxylic acids is 3. The molecule has 2 fully saturated rings. The minimum Gasteiger partial charge on any atom is -0.450 e. The zero-order valence-electron chi connectivity index (χ0n) is 31.1. The van der Waals surface area contributed by atoms with Crippen molar-refractivity contribution in [3.05, 3.63) is 45.3 Å². The van der Waals surface area contributed by atoms with Crippen molar-refractivity contribution in [2.24, 2.45) is 0 Å². The molecule has 20 heteroatoms. The number of H-pyrrole nitrogens is 1. The van der Waals surface area contributed by atoms with Crippen molar-refractivity contribution in [1.82, 2.24) is 44.2 Å². The summed E-state index contributed by atoms with van der Waals surface area (Å²) in [5.74, 6) is -0.241. The lowest BCUT2D eigenvalue weighted by Crippen LogP contribution is -2.49. The van der Waals surface area contributed by atoms with E-state index in [1.54, 1.807) is 6.92 Å². The summed E-state index contributed by atoms with van der Waals surface area (Å²) in [7, 11) is 0. The average molecular weight is 773 g/mol. The molecule has 3 amide bonds. The molecule has 2 aliphatic rings. The zero-order chi connectivity index (χ0) is 39.3. The first kappa shape index (κ1) is 41.4. The number of amides is 3. The van der Waals surface area contributed by atoms with Gasteiger partial charge >= 0.3 is 11.8 Å². The molecule has 0 spiro atoms. The molecule has 0 saturated carbocycles. The molecule has 0 unspecified atom stereocenters. The van der Waals surface area contributed by atoms with E-state index >= 15 is 0 Å². The maximum absolute atomic E-state index is 12.8. The van der Waals surface area contributed by atoms with Gasteiger partial charge in [-0.15, -0.1) is 0 Å². The molecular weight excluding hydrogens is 720 g/mol. The lowest BCUT2D eigenvalue weighted by molar-refractivity contribution is -0.133. The number of hydrogen-bond donors (Lipinski definition) is 6. The van der Waals surface area contributed by atoms with Crippen LogP contribution in [0.2, 0.25) is 0 Å². The summed E-state index contributed by atoms with van der Waals surface area (Å²) in [4.78, 5) is 80.2. The third-order valence-corrected chi connectivity index (χ3v) is 9.89. The summed E-state index contributed by atoms with van der Waals surface area (Å²) in [6.07, 6.45) is 7.56. The number of aliphatic hydroxyl groups is 3. The number of nitrogens with one attached hydrogen (secondary N) is 3. The second kappa shape index (κ2) is 20.2. The van der Waals surface area contributed by atoms with Crippen LogP contribution in [0, 0.1) is 0 Å². The largest absolute Gasteiger partial charge is 0.450 e. The normalized spacial score (nSPS) is 20.2. The number of carbonyl (C=O) groups is 3. The van der Waals surface area contributed by atoms with E-state index in [1.807, 2.05) is 10.2 Å². The van der Waals surface area contributed by atoms with Gasteiger partial charge in [-0.25, -0.2) is 24.5 Å². The van der Waals surface area contributed by atoms with Gasteiger partial charge in [0, 0.05) is 58.4 Å². The number of fused-ring (bicyclic) bond motifs is 1. The van der Waals surface area contributed by atoms with Crippen LogP contribution in [0.1, 0.15) is 81.3 Å². The highest BCUT2D eigenvalue weighted by atomic mass is 16.6. The minimum atomic E-state index is -1.23. The molecule has 0 radical (unpaired) electrons. The van der Waals surface area contributed by atoms with E-state index in [1.165, 1.54) is 21.8 Å². The topological polar surface area (TPSA) is 259 Å². The van der Waals surface area contributed by atoms with E-state index < -0.39 is 54.4 Å². The van der Waals surface area contributed by atoms with Gasteiger partial charge in [-0.05, 0) is 19.8 Å². The number of unbranched alkanes of at least 4 members (excludes halogenated alkanes) is 7. The molecule has 0 bridgehead atoms. The monoisotopic (exact) mass is 772 g/mol. The summed E-state index contributed by atoms with van der Waals surface area (Å²) < 4.78 is 13.0.